The molecule has 3 heteroatoms. The van der Waals surface area contributed by atoms with Gasteiger partial charge in [-0.15, -0.1) is 0 Å². The lowest BCUT2D eigenvalue weighted by Crippen LogP contribution is -2.12. The highest BCUT2D eigenvalue weighted by Crippen LogP contribution is 2.24. The zero-order chi connectivity index (χ0) is 10.8. The quantitative estimate of drug-likeness (QED) is 0.822. The van der Waals surface area contributed by atoms with Gasteiger partial charge in [0.05, 0.1) is 5.69 Å². The molecule has 1 aromatic heterocycles. The van der Waals surface area contributed by atoms with E-state index in [1.54, 1.807) is 0 Å². The van der Waals surface area contributed by atoms with Gasteiger partial charge in [-0.05, 0) is 37.2 Å². The smallest absolute Gasteiger partial charge is 0.0795 e. The Morgan fingerprint density at radius 2 is 2.07 bits per heavy atom. The predicted octanol–water partition coefficient (Wildman–Crippen LogP) is 1.88. The van der Waals surface area contributed by atoms with Crippen molar-refractivity contribution in [2.45, 2.75) is 52.6 Å². The number of hydrogen-bond donors (Lipinski definition) is 1. The van der Waals surface area contributed by atoms with Gasteiger partial charge >= 0.3 is 0 Å². The molecule has 2 rings (SSSR count). The van der Waals surface area contributed by atoms with Crippen molar-refractivity contribution in [3.8, 4) is 0 Å². The molecule has 1 aromatic rings. The van der Waals surface area contributed by atoms with Crippen molar-refractivity contribution in [2.24, 2.45) is 11.7 Å². The van der Waals surface area contributed by atoms with E-state index in [2.05, 4.69) is 23.6 Å². The van der Waals surface area contributed by atoms with E-state index in [4.69, 9.17) is 5.73 Å². The van der Waals surface area contributed by atoms with Gasteiger partial charge in [-0.25, -0.2) is 0 Å². The van der Waals surface area contributed by atoms with Crippen molar-refractivity contribution in [3.63, 3.8) is 0 Å². The molecule has 0 saturated carbocycles. The third-order valence-corrected chi connectivity index (χ3v) is 3.07. The molecule has 0 unspecified atom stereocenters. The summed E-state index contributed by atoms with van der Waals surface area (Å²) in [5, 5.41) is 4.64. The summed E-state index contributed by atoms with van der Waals surface area (Å²) < 4.78 is 2.20. The second-order valence-corrected chi connectivity index (χ2v) is 4.86. The molecule has 2 N–H and O–H groups in total. The minimum Gasteiger partial charge on any atom is -0.325 e. The van der Waals surface area contributed by atoms with Crippen molar-refractivity contribution in [2.75, 3.05) is 0 Å². The molecule has 15 heavy (non-hydrogen) atoms. The Hall–Kier alpha value is -0.830. The molecule has 0 spiro atoms. The van der Waals surface area contributed by atoms with Crippen molar-refractivity contribution < 1.29 is 0 Å². The van der Waals surface area contributed by atoms with E-state index >= 15 is 0 Å². The van der Waals surface area contributed by atoms with Crippen LogP contribution in [0.1, 0.15) is 43.6 Å². The number of fused-ring (bicyclic) bond motifs is 1. The second-order valence-electron chi connectivity index (χ2n) is 4.86. The fourth-order valence-corrected chi connectivity index (χ4v) is 2.41. The molecule has 1 aliphatic rings. The van der Waals surface area contributed by atoms with Crippen molar-refractivity contribution >= 4 is 0 Å². The summed E-state index contributed by atoms with van der Waals surface area (Å²) in [5.74, 6) is 0.654. The highest BCUT2D eigenvalue weighted by molar-refractivity contribution is 5.28. The fourth-order valence-electron chi connectivity index (χ4n) is 2.41. The molecule has 0 amide bonds. The average molecular weight is 207 g/mol. The Labute approximate surface area is 91.7 Å². The van der Waals surface area contributed by atoms with Crippen LogP contribution in [0.15, 0.2) is 0 Å². The lowest BCUT2D eigenvalue weighted by molar-refractivity contribution is 0.459. The third-order valence-electron chi connectivity index (χ3n) is 3.07. The highest BCUT2D eigenvalue weighted by atomic mass is 15.3. The van der Waals surface area contributed by atoms with E-state index in [-0.39, 0.29) is 0 Å². The van der Waals surface area contributed by atoms with E-state index in [1.807, 2.05) is 0 Å². The first-order chi connectivity index (χ1) is 7.22. The number of nitrogens with zero attached hydrogens (tertiary/aromatic N) is 2. The zero-order valence-electron chi connectivity index (χ0n) is 9.79. The van der Waals surface area contributed by atoms with E-state index in [0.717, 1.165) is 12.2 Å². The summed E-state index contributed by atoms with van der Waals surface area (Å²) in [4.78, 5) is 0. The summed E-state index contributed by atoms with van der Waals surface area (Å²) in [6, 6.07) is 0. The standard InChI is InChI=1S/C12H21N3/c1-9(2)8-15-12-6-4-3-5-10(12)11(7-13)14-15/h9H,3-8,13H2,1-2H3. The molecule has 0 bridgehead atoms. The molecule has 0 atom stereocenters. The van der Waals surface area contributed by atoms with E-state index < -0.39 is 0 Å². The van der Waals surface area contributed by atoms with Crippen LogP contribution < -0.4 is 5.73 Å². The van der Waals surface area contributed by atoms with Crippen LogP contribution in [0.25, 0.3) is 0 Å². The Morgan fingerprint density at radius 1 is 1.33 bits per heavy atom. The van der Waals surface area contributed by atoms with Gasteiger partial charge in [0.1, 0.15) is 0 Å². The lowest BCUT2D eigenvalue weighted by Gasteiger charge is -2.15. The van der Waals surface area contributed by atoms with Gasteiger partial charge in [0.15, 0.2) is 0 Å². The number of rotatable bonds is 3. The summed E-state index contributed by atoms with van der Waals surface area (Å²) in [6.45, 7) is 6.09. The van der Waals surface area contributed by atoms with Gasteiger partial charge in [0.2, 0.25) is 0 Å². The summed E-state index contributed by atoms with van der Waals surface area (Å²) in [5.41, 5.74) is 9.77. The molecule has 1 aliphatic carbocycles. The van der Waals surface area contributed by atoms with Gasteiger partial charge in [0, 0.05) is 18.8 Å². The lowest BCUT2D eigenvalue weighted by atomic mass is 9.95. The SMILES string of the molecule is CC(C)Cn1nc(CN)c2c1CCCC2. The maximum absolute atomic E-state index is 5.74. The van der Waals surface area contributed by atoms with Crippen molar-refractivity contribution in [1.82, 2.24) is 9.78 Å². The van der Waals surface area contributed by atoms with Crippen LogP contribution in [-0.4, -0.2) is 9.78 Å². The first-order valence-electron chi connectivity index (χ1n) is 6.00. The summed E-state index contributed by atoms with van der Waals surface area (Å²) >= 11 is 0. The topological polar surface area (TPSA) is 43.8 Å². The molecule has 84 valence electrons. The average Bonchev–Trinajstić information content (AvgIpc) is 2.56. The molecule has 0 aromatic carbocycles. The molecule has 1 heterocycles. The summed E-state index contributed by atoms with van der Waals surface area (Å²) in [7, 11) is 0. The van der Waals surface area contributed by atoms with Crippen LogP contribution in [-0.2, 0) is 25.9 Å². The predicted molar refractivity (Wildman–Crippen MR) is 61.6 cm³/mol. The first-order valence-corrected chi connectivity index (χ1v) is 6.00. The number of aromatic nitrogens is 2. The normalized spacial score (nSPS) is 15.7. The van der Waals surface area contributed by atoms with E-state index in [0.29, 0.717) is 12.5 Å². The molecule has 3 nitrogen and oxygen atoms in total. The fraction of sp³-hybridized carbons (Fsp3) is 0.750. The number of hydrogen-bond acceptors (Lipinski definition) is 2. The Morgan fingerprint density at radius 3 is 2.73 bits per heavy atom. The molecule has 0 fully saturated rings. The highest BCUT2D eigenvalue weighted by Gasteiger charge is 2.19. The van der Waals surface area contributed by atoms with Crippen LogP contribution in [0.2, 0.25) is 0 Å². The summed E-state index contributed by atoms with van der Waals surface area (Å²) in [6.07, 6.45) is 4.98. The zero-order valence-corrected chi connectivity index (χ0v) is 9.79. The van der Waals surface area contributed by atoms with Crippen molar-refractivity contribution in [1.29, 1.82) is 0 Å². The Kier molecular flexibility index (Phi) is 3.10. The molecular weight excluding hydrogens is 186 g/mol. The van der Waals surface area contributed by atoms with E-state index in [1.165, 1.54) is 36.9 Å². The van der Waals surface area contributed by atoms with Crippen molar-refractivity contribution in [3.05, 3.63) is 17.0 Å². The van der Waals surface area contributed by atoms with Gasteiger partial charge in [-0.3, -0.25) is 4.68 Å². The third kappa shape index (κ3) is 2.07. The van der Waals surface area contributed by atoms with Gasteiger partial charge in [-0.1, -0.05) is 13.8 Å². The molecule has 0 saturated heterocycles. The first kappa shape index (κ1) is 10.7. The Balaban J connectivity index is 2.33. The van der Waals surface area contributed by atoms with E-state index in [9.17, 15) is 0 Å². The molecule has 0 aliphatic heterocycles. The van der Waals surface area contributed by atoms with Crippen LogP contribution in [0.4, 0.5) is 0 Å². The van der Waals surface area contributed by atoms with Gasteiger partial charge in [0.25, 0.3) is 0 Å². The van der Waals surface area contributed by atoms with Crippen LogP contribution in [0, 0.1) is 5.92 Å². The number of nitrogens with two attached hydrogens (primary N) is 1. The monoisotopic (exact) mass is 207 g/mol. The van der Waals surface area contributed by atoms with Crippen LogP contribution in [0.3, 0.4) is 0 Å². The maximum Gasteiger partial charge on any atom is 0.0795 e. The van der Waals surface area contributed by atoms with Gasteiger partial charge in [-0.2, -0.15) is 5.10 Å². The second kappa shape index (κ2) is 4.35. The minimum absolute atomic E-state index is 0.591. The van der Waals surface area contributed by atoms with Crippen LogP contribution >= 0.6 is 0 Å². The van der Waals surface area contributed by atoms with Crippen LogP contribution in [0.5, 0.6) is 0 Å². The Bertz CT molecular complexity index is 339. The van der Waals surface area contributed by atoms with Gasteiger partial charge < -0.3 is 5.73 Å². The minimum atomic E-state index is 0.591. The molecular formula is C12H21N3. The maximum atomic E-state index is 5.74. The molecule has 0 radical (unpaired) electrons. The largest absolute Gasteiger partial charge is 0.325 e.